The molecule has 46 heavy (non-hydrogen) atoms. The van der Waals surface area contributed by atoms with E-state index in [1.807, 2.05) is 37.3 Å². The number of amides is 3. The zero-order valence-electron chi connectivity index (χ0n) is 26.8. The lowest BCUT2D eigenvalue weighted by Crippen LogP contribution is -2.56. The number of unbranched alkanes of at least 4 members (excludes halogenated alkanes) is 3. The fourth-order valence-corrected chi connectivity index (χ4v) is 8.10. The third-order valence-electron chi connectivity index (χ3n) is 10.1. The lowest BCUT2D eigenvalue weighted by atomic mass is 9.64. The highest BCUT2D eigenvalue weighted by Crippen LogP contribution is 2.64. The largest absolute Gasteiger partial charge is 0.396 e. The van der Waals surface area contributed by atoms with Gasteiger partial charge in [0.05, 0.1) is 17.4 Å². The lowest BCUT2D eigenvalue weighted by Gasteiger charge is -2.37. The Balaban J connectivity index is 1.55. The van der Waals surface area contributed by atoms with Crippen molar-refractivity contribution in [1.82, 2.24) is 9.80 Å². The van der Waals surface area contributed by atoms with Crippen LogP contribution in [0.2, 0.25) is 5.02 Å². The first-order chi connectivity index (χ1) is 22.3. The molecule has 0 radical (unpaired) electrons. The van der Waals surface area contributed by atoms with Gasteiger partial charge in [-0.3, -0.25) is 14.4 Å². The molecule has 8 nitrogen and oxygen atoms in total. The third kappa shape index (κ3) is 6.15. The average molecular weight is 648 g/mol. The number of likely N-dealkylation sites (tertiary alicyclic amines) is 1. The Morgan fingerprint density at radius 3 is 2.35 bits per heavy atom. The molecule has 2 bridgehead atoms. The van der Waals surface area contributed by atoms with Gasteiger partial charge in [0.1, 0.15) is 11.6 Å². The third-order valence-corrected chi connectivity index (χ3v) is 10.3. The molecule has 0 aromatic heterocycles. The van der Waals surface area contributed by atoms with E-state index >= 15 is 0 Å². The first-order valence-corrected chi connectivity index (χ1v) is 16.9. The van der Waals surface area contributed by atoms with Crippen molar-refractivity contribution >= 4 is 35.0 Å². The molecule has 3 heterocycles. The van der Waals surface area contributed by atoms with Crippen LogP contribution < -0.4 is 4.90 Å². The highest BCUT2D eigenvalue weighted by atomic mass is 35.5. The number of hydrogen-bond donors (Lipinski definition) is 1. The van der Waals surface area contributed by atoms with Gasteiger partial charge in [-0.1, -0.05) is 73.9 Å². The molecule has 1 spiro atoms. The molecule has 9 heteroatoms. The molecule has 1 N–H and O–H groups in total. The SMILES string of the molecule is C=CCN(Cc1ccccc1)C(=O)[C@H]1[C@H]2C(=O)N(CCCCCCO)C(C(=O)N(CC=C)c3ccc(Cl)cc3)C23CC[C@]1(CC)O3. The topological polar surface area (TPSA) is 90.4 Å². The molecule has 3 aliphatic rings. The van der Waals surface area contributed by atoms with Gasteiger partial charge in [-0.2, -0.15) is 0 Å². The lowest BCUT2D eigenvalue weighted by molar-refractivity contribution is -0.151. The number of fused-ring (bicyclic) bond motifs is 1. The van der Waals surface area contributed by atoms with Crippen LogP contribution in [0.25, 0.3) is 0 Å². The maximum absolute atomic E-state index is 14.8. The van der Waals surface area contributed by atoms with Crippen LogP contribution in [0, 0.1) is 11.8 Å². The predicted octanol–water partition coefficient (Wildman–Crippen LogP) is 5.78. The summed E-state index contributed by atoms with van der Waals surface area (Å²) >= 11 is 6.18. The van der Waals surface area contributed by atoms with Gasteiger partial charge in [0.2, 0.25) is 11.8 Å². The summed E-state index contributed by atoms with van der Waals surface area (Å²) in [7, 11) is 0. The molecule has 3 fully saturated rings. The average Bonchev–Trinajstić information content (AvgIpc) is 3.67. The van der Waals surface area contributed by atoms with E-state index in [1.54, 1.807) is 51.1 Å². The van der Waals surface area contributed by atoms with Crippen LogP contribution in [0.3, 0.4) is 0 Å². The molecule has 0 saturated carbocycles. The van der Waals surface area contributed by atoms with Gasteiger partial charge < -0.3 is 24.5 Å². The van der Waals surface area contributed by atoms with Gasteiger partial charge in [0, 0.05) is 43.5 Å². The summed E-state index contributed by atoms with van der Waals surface area (Å²) < 4.78 is 7.03. The zero-order valence-corrected chi connectivity index (χ0v) is 27.5. The Morgan fingerprint density at radius 2 is 1.70 bits per heavy atom. The molecule has 3 saturated heterocycles. The number of anilines is 1. The van der Waals surface area contributed by atoms with Crippen molar-refractivity contribution < 1.29 is 24.2 Å². The number of halogens is 1. The van der Waals surface area contributed by atoms with Gasteiger partial charge in [0.25, 0.3) is 5.91 Å². The zero-order chi connectivity index (χ0) is 32.9. The highest BCUT2D eigenvalue weighted by Gasteiger charge is 2.79. The Morgan fingerprint density at radius 1 is 1.00 bits per heavy atom. The monoisotopic (exact) mass is 647 g/mol. The van der Waals surface area contributed by atoms with Gasteiger partial charge in [-0.05, 0) is 61.9 Å². The first kappa shape index (κ1) is 33.9. The molecule has 3 amide bonds. The Kier molecular flexibility index (Phi) is 10.7. The van der Waals surface area contributed by atoms with Crippen molar-refractivity contribution in [2.24, 2.45) is 11.8 Å². The quantitative estimate of drug-likeness (QED) is 0.184. The maximum atomic E-state index is 14.8. The summed E-state index contributed by atoms with van der Waals surface area (Å²) in [6.07, 6.45) is 8.03. The number of ether oxygens (including phenoxy) is 1. The van der Waals surface area contributed by atoms with E-state index in [0.29, 0.717) is 62.4 Å². The molecule has 2 aromatic rings. The van der Waals surface area contributed by atoms with E-state index in [9.17, 15) is 19.5 Å². The summed E-state index contributed by atoms with van der Waals surface area (Å²) in [4.78, 5) is 49.3. The van der Waals surface area contributed by atoms with Gasteiger partial charge in [-0.15, -0.1) is 13.2 Å². The van der Waals surface area contributed by atoms with Crippen LogP contribution in [0.15, 0.2) is 79.9 Å². The fourth-order valence-electron chi connectivity index (χ4n) is 7.97. The molecule has 246 valence electrons. The molecule has 5 rings (SSSR count). The van der Waals surface area contributed by atoms with Crippen LogP contribution in [-0.4, -0.2) is 76.1 Å². The van der Waals surface area contributed by atoms with Crippen molar-refractivity contribution in [3.05, 3.63) is 90.5 Å². The standard InChI is InChI=1S/C37H46ClN3O5/c1-4-22-39(26-27-14-10-9-11-15-27)33(43)30-31-34(44)41(24-12-7-8-13-25-42)32(37(31)21-20-36(30,6-3)46-37)35(45)40(23-5-2)29-18-16-28(38)17-19-29/h4-5,9-11,14-19,30-32,42H,1-2,6-8,12-13,20-26H2,3H3/t30-,31+,32?,36+,37?/m1/s1. The summed E-state index contributed by atoms with van der Waals surface area (Å²) in [5, 5.41) is 9.82. The summed E-state index contributed by atoms with van der Waals surface area (Å²) in [6.45, 7) is 11.3. The van der Waals surface area contributed by atoms with Crippen molar-refractivity contribution in [2.45, 2.75) is 75.7 Å². The van der Waals surface area contributed by atoms with Crippen LogP contribution in [-0.2, 0) is 25.7 Å². The molecule has 2 unspecified atom stereocenters. The van der Waals surface area contributed by atoms with Crippen molar-refractivity contribution in [1.29, 1.82) is 0 Å². The molecule has 3 aliphatic heterocycles. The number of nitrogens with zero attached hydrogens (tertiary/aromatic N) is 3. The van der Waals surface area contributed by atoms with E-state index in [2.05, 4.69) is 13.2 Å². The molecule has 5 atom stereocenters. The minimum Gasteiger partial charge on any atom is -0.396 e. The van der Waals surface area contributed by atoms with E-state index in [4.69, 9.17) is 16.3 Å². The highest BCUT2D eigenvalue weighted by molar-refractivity contribution is 6.30. The second kappa shape index (κ2) is 14.5. The van der Waals surface area contributed by atoms with Gasteiger partial charge in [-0.25, -0.2) is 0 Å². The van der Waals surface area contributed by atoms with Crippen LogP contribution >= 0.6 is 11.6 Å². The Labute approximate surface area is 277 Å². The van der Waals surface area contributed by atoms with E-state index in [0.717, 1.165) is 18.4 Å². The van der Waals surface area contributed by atoms with Crippen LogP contribution in [0.1, 0.15) is 57.4 Å². The van der Waals surface area contributed by atoms with E-state index in [-0.39, 0.29) is 30.9 Å². The molecule has 2 aromatic carbocycles. The van der Waals surface area contributed by atoms with E-state index < -0.39 is 29.1 Å². The summed E-state index contributed by atoms with van der Waals surface area (Å²) in [5.74, 6) is -2.08. The van der Waals surface area contributed by atoms with Gasteiger partial charge >= 0.3 is 0 Å². The molecular formula is C37H46ClN3O5. The van der Waals surface area contributed by atoms with Crippen molar-refractivity contribution in [3.63, 3.8) is 0 Å². The van der Waals surface area contributed by atoms with Gasteiger partial charge in [0.15, 0.2) is 0 Å². The number of aliphatic hydroxyl groups is 1. The summed E-state index contributed by atoms with van der Waals surface area (Å²) in [6, 6.07) is 15.9. The maximum Gasteiger partial charge on any atom is 0.253 e. The number of rotatable bonds is 16. The second-order valence-electron chi connectivity index (χ2n) is 12.7. The van der Waals surface area contributed by atoms with Crippen LogP contribution in [0.5, 0.6) is 0 Å². The Bertz CT molecular complexity index is 1420. The minimum absolute atomic E-state index is 0.119. The molecule has 0 aliphatic carbocycles. The smallest absolute Gasteiger partial charge is 0.253 e. The Hall–Kier alpha value is -3.46. The number of hydrogen-bond acceptors (Lipinski definition) is 5. The number of carbonyl (C=O) groups is 3. The molecular weight excluding hydrogens is 602 g/mol. The number of carbonyl (C=O) groups excluding carboxylic acids is 3. The van der Waals surface area contributed by atoms with Crippen molar-refractivity contribution in [2.75, 3.05) is 31.1 Å². The number of aliphatic hydroxyl groups excluding tert-OH is 1. The normalized spacial score (nSPS) is 26.2. The fraction of sp³-hybridized carbons (Fsp3) is 0.486. The summed E-state index contributed by atoms with van der Waals surface area (Å²) in [5.41, 5.74) is -0.341. The van der Waals surface area contributed by atoms with Crippen molar-refractivity contribution in [3.8, 4) is 0 Å². The first-order valence-electron chi connectivity index (χ1n) is 16.5. The predicted molar refractivity (Wildman–Crippen MR) is 180 cm³/mol. The van der Waals surface area contributed by atoms with E-state index in [1.165, 1.54) is 0 Å². The number of benzene rings is 2. The second-order valence-corrected chi connectivity index (χ2v) is 13.1. The van der Waals surface area contributed by atoms with Crippen LogP contribution in [0.4, 0.5) is 5.69 Å². The minimum atomic E-state index is -1.13.